The second-order valence-corrected chi connectivity index (χ2v) is 6.35. The van der Waals surface area contributed by atoms with Crippen LogP contribution in [0, 0.1) is 5.82 Å². The van der Waals surface area contributed by atoms with E-state index in [1.165, 1.54) is 24.3 Å². The summed E-state index contributed by atoms with van der Waals surface area (Å²) in [5.74, 6) is -1.24. The van der Waals surface area contributed by atoms with Crippen molar-refractivity contribution in [3.8, 4) is 0 Å². The van der Waals surface area contributed by atoms with Crippen LogP contribution in [0.3, 0.4) is 0 Å². The molecule has 0 amide bonds. The zero-order chi connectivity index (χ0) is 19.0. The molecule has 0 aliphatic rings. The van der Waals surface area contributed by atoms with Crippen molar-refractivity contribution in [3.05, 3.63) is 106 Å². The van der Waals surface area contributed by atoms with Gasteiger partial charge < -0.3 is 0 Å². The molecule has 0 radical (unpaired) electrons. The van der Waals surface area contributed by atoms with Gasteiger partial charge in [0.25, 0.3) is 0 Å². The van der Waals surface area contributed by atoms with Gasteiger partial charge in [0.05, 0.1) is 0 Å². The maximum absolute atomic E-state index is 13.2. The summed E-state index contributed by atoms with van der Waals surface area (Å²) >= 11 is 5.89. The molecule has 2 aromatic carbocycles. The number of carbonyl (C=O) groups is 2. The van der Waals surface area contributed by atoms with Crippen molar-refractivity contribution in [2.24, 2.45) is 0 Å². The summed E-state index contributed by atoms with van der Waals surface area (Å²) in [6.45, 7) is 0. The van der Waals surface area contributed by atoms with E-state index in [9.17, 15) is 14.0 Å². The van der Waals surface area contributed by atoms with Gasteiger partial charge in [-0.15, -0.1) is 0 Å². The number of nitrogens with zero attached hydrogens (tertiary/aromatic N) is 2. The van der Waals surface area contributed by atoms with Crippen LogP contribution in [0.2, 0.25) is 5.02 Å². The number of hydrogen-bond acceptors (Lipinski definition) is 3. The van der Waals surface area contributed by atoms with E-state index in [1.54, 1.807) is 53.1 Å². The predicted molar refractivity (Wildman–Crippen MR) is 99.9 cm³/mol. The SMILES string of the molecule is O=C(c1ccc(Cl)cc1)c1nc2ccccn2c1C(=O)c1ccc(F)cc1. The minimum Gasteiger partial charge on any atom is -0.296 e. The number of aromatic nitrogens is 2. The van der Waals surface area contributed by atoms with Crippen LogP contribution in [-0.4, -0.2) is 21.0 Å². The third-order valence-electron chi connectivity index (χ3n) is 4.17. The van der Waals surface area contributed by atoms with Crippen molar-refractivity contribution in [2.75, 3.05) is 0 Å². The fourth-order valence-electron chi connectivity index (χ4n) is 2.85. The van der Waals surface area contributed by atoms with E-state index in [-0.39, 0.29) is 22.7 Å². The van der Waals surface area contributed by atoms with Crippen LogP contribution >= 0.6 is 11.6 Å². The van der Waals surface area contributed by atoms with Crippen LogP contribution in [0.15, 0.2) is 72.9 Å². The third-order valence-corrected chi connectivity index (χ3v) is 4.42. The van der Waals surface area contributed by atoms with Crippen LogP contribution < -0.4 is 0 Å². The highest BCUT2D eigenvalue weighted by molar-refractivity contribution is 6.30. The van der Waals surface area contributed by atoms with Crippen LogP contribution in [-0.2, 0) is 0 Å². The van der Waals surface area contributed by atoms with Gasteiger partial charge in [-0.2, -0.15) is 0 Å². The molecule has 0 saturated heterocycles. The molecule has 0 fully saturated rings. The smallest absolute Gasteiger partial charge is 0.213 e. The largest absolute Gasteiger partial charge is 0.296 e. The monoisotopic (exact) mass is 378 g/mol. The summed E-state index contributed by atoms with van der Waals surface area (Å²) in [4.78, 5) is 30.5. The van der Waals surface area contributed by atoms with Gasteiger partial charge in [-0.05, 0) is 60.7 Å². The first kappa shape index (κ1) is 17.1. The lowest BCUT2D eigenvalue weighted by molar-refractivity contribution is 0.0997. The topological polar surface area (TPSA) is 51.4 Å². The van der Waals surface area contributed by atoms with Crippen molar-refractivity contribution in [1.82, 2.24) is 9.38 Å². The zero-order valence-corrected chi connectivity index (χ0v) is 14.7. The lowest BCUT2D eigenvalue weighted by atomic mass is 10.0. The van der Waals surface area contributed by atoms with E-state index in [0.29, 0.717) is 16.2 Å². The number of rotatable bonds is 4. The molecular weight excluding hydrogens is 367 g/mol. The molecule has 0 unspecified atom stereocenters. The van der Waals surface area contributed by atoms with E-state index in [1.807, 2.05) is 0 Å². The van der Waals surface area contributed by atoms with E-state index in [0.717, 1.165) is 0 Å². The Morgan fingerprint density at radius 3 is 2.19 bits per heavy atom. The van der Waals surface area contributed by atoms with Crippen molar-refractivity contribution in [2.45, 2.75) is 0 Å². The molecule has 0 saturated carbocycles. The number of ketones is 2. The highest BCUT2D eigenvalue weighted by atomic mass is 35.5. The van der Waals surface area contributed by atoms with Crippen LogP contribution in [0.4, 0.5) is 4.39 Å². The van der Waals surface area contributed by atoms with Crippen LogP contribution in [0.5, 0.6) is 0 Å². The molecule has 2 heterocycles. The fraction of sp³-hybridized carbons (Fsp3) is 0. The Morgan fingerprint density at radius 2 is 1.48 bits per heavy atom. The first-order valence-corrected chi connectivity index (χ1v) is 8.50. The number of halogens is 2. The molecule has 2 aromatic heterocycles. The van der Waals surface area contributed by atoms with Gasteiger partial charge in [0, 0.05) is 22.3 Å². The molecule has 27 heavy (non-hydrogen) atoms. The minimum atomic E-state index is -0.442. The highest BCUT2D eigenvalue weighted by Crippen LogP contribution is 2.21. The quantitative estimate of drug-likeness (QED) is 0.488. The number of hydrogen-bond donors (Lipinski definition) is 0. The molecule has 4 rings (SSSR count). The third kappa shape index (κ3) is 3.13. The first-order chi connectivity index (χ1) is 13.0. The van der Waals surface area contributed by atoms with E-state index in [4.69, 9.17) is 11.6 Å². The summed E-state index contributed by atoms with van der Waals surface area (Å²) in [6, 6.07) is 16.8. The molecule has 0 N–H and O–H groups in total. The second-order valence-electron chi connectivity index (χ2n) is 5.91. The normalized spacial score (nSPS) is 10.9. The number of fused-ring (bicyclic) bond motifs is 1. The summed E-state index contributed by atoms with van der Waals surface area (Å²) < 4.78 is 14.8. The van der Waals surface area contributed by atoms with Crippen molar-refractivity contribution < 1.29 is 14.0 Å². The molecule has 0 bridgehead atoms. The van der Waals surface area contributed by atoms with E-state index in [2.05, 4.69) is 4.98 Å². The lowest BCUT2D eigenvalue weighted by Gasteiger charge is -2.05. The molecule has 0 atom stereocenters. The lowest BCUT2D eigenvalue weighted by Crippen LogP contribution is -2.12. The molecule has 0 aliphatic carbocycles. The molecule has 4 nitrogen and oxygen atoms in total. The Balaban J connectivity index is 1.89. The summed E-state index contributed by atoms with van der Waals surface area (Å²) in [5.41, 5.74) is 1.29. The summed E-state index contributed by atoms with van der Waals surface area (Å²) in [7, 11) is 0. The van der Waals surface area contributed by atoms with Crippen molar-refractivity contribution >= 4 is 28.8 Å². The molecule has 0 spiro atoms. The molecule has 6 heteroatoms. The predicted octanol–water partition coefficient (Wildman–Crippen LogP) is 4.59. The average molecular weight is 379 g/mol. The summed E-state index contributed by atoms with van der Waals surface area (Å²) in [5, 5.41) is 0.504. The first-order valence-electron chi connectivity index (χ1n) is 8.12. The van der Waals surface area contributed by atoms with Gasteiger partial charge >= 0.3 is 0 Å². The molecule has 4 aromatic rings. The van der Waals surface area contributed by atoms with Gasteiger partial charge in [0.1, 0.15) is 22.9 Å². The molecule has 132 valence electrons. The second kappa shape index (κ2) is 6.78. The fourth-order valence-corrected chi connectivity index (χ4v) is 2.97. The Kier molecular flexibility index (Phi) is 4.30. The maximum Gasteiger partial charge on any atom is 0.213 e. The van der Waals surface area contributed by atoms with Gasteiger partial charge in [0.15, 0.2) is 0 Å². The maximum atomic E-state index is 13.2. The minimum absolute atomic E-state index is 0.0397. The summed E-state index contributed by atoms with van der Waals surface area (Å²) in [6.07, 6.45) is 1.66. The molecular formula is C21H12ClFN2O2. The Labute approximate surface area is 158 Å². The van der Waals surface area contributed by atoms with Gasteiger partial charge in [-0.3, -0.25) is 14.0 Å². The number of imidazole rings is 1. The Bertz CT molecular complexity index is 1170. The number of carbonyl (C=O) groups excluding carboxylic acids is 2. The van der Waals surface area contributed by atoms with Gasteiger partial charge in [0.2, 0.25) is 11.6 Å². The standard InChI is InChI=1S/C21H12ClFN2O2/c22-15-8-4-13(5-9-15)20(26)18-19(25-12-2-1-3-17(25)24-18)21(27)14-6-10-16(23)11-7-14/h1-12H. The molecule has 0 aliphatic heterocycles. The van der Waals surface area contributed by atoms with Crippen molar-refractivity contribution in [1.29, 1.82) is 0 Å². The van der Waals surface area contributed by atoms with E-state index >= 15 is 0 Å². The van der Waals surface area contributed by atoms with E-state index < -0.39 is 11.6 Å². The van der Waals surface area contributed by atoms with Gasteiger partial charge in [-0.25, -0.2) is 9.37 Å². The average Bonchev–Trinajstić information content (AvgIpc) is 3.07. The Hall–Kier alpha value is -3.31. The highest BCUT2D eigenvalue weighted by Gasteiger charge is 2.26. The number of pyridine rings is 1. The van der Waals surface area contributed by atoms with Crippen molar-refractivity contribution in [3.63, 3.8) is 0 Å². The van der Waals surface area contributed by atoms with Gasteiger partial charge in [-0.1, -0.05) is 17.7 Å². The number of benzene rings is 2. The van der Waals surface area contributed by atoms with Crippen LogP contribution in [0.1, 0.15) is 32.1 Å². The zero-order valence-electron chi connectivity index (χ0n) is 13.9. The van der Waals surface area contributed by atoms with Crippen LogP contribution in [0.25, 0.3) is 5.65 Å². The Morgan fingerprint density at radius 1 is 0.852 bits per heavy atom.